The van der Waals surface area contributed by atoms with Gasteiger partial charge in [-0.15, -0.1) is 12.4 Å². The van der Waals surface area contributed by atoms with E-state index in [1.165, 1.54) is 0 Å². The lowest BCUT2D eigenvalue weighted by Gasteiger charge is -2.37. The molecule has 0 saturated heterocycles. The molecule has 2 unspecified atom stereocenters. The molecule has 1 aromatic heterocycles. The number of oxazole rings is 1. The quantitative estimate of drug-likeness (QED) is 0.880. The van der Waals surface area contributed by atoms with Gasteiger partial charge in [-0.25, -0.2) is 4.98 Å². The minimum absolute atomic E-state index is 0. The number of halogens is 1. The first-order chi connectivity index (χ1) is 11.0. The standard InChI is InChI=1S/C18H23N3O2.ClH/c1-12-6-7-13(11-14(12)17-20-9-10-23-17)21-16(22)15-5-3-4-8-18(15,2)19;/h6-7,9-11,15H,3-5,8,19H2,1-2H3,(H,21,22);1H. The topological polar surface area (TPSA) is 81.2 Å². The van der Waals surface area contributed by atoms with Crippen LogP contribution in [0.15, 0.2) is 35.1 Å². The van der Waals surface area contributed by atoms with Crippen LogP contribution in [0.2, 0.25) is 0 Å². The lowest BCUT2D eigenvalue weighted by molar-refractivity contribution is -0.122. The number of benzene rings is 1. The van der Waals surface area contributed by atoms with Crippen molar-refractivity contribution < 1.29 is 9.21 Å². The molecule has 1 heterocycles. The van der Waals surface area contributed by atoms with Crippen LogP contribution in [0.1, 0.15) is 38.2 Å². The zero-order valence-electron chi connectivity index (χ0n) is 14.0. The second-order valence-electron chi connectivity index (χ2n) is 6.66. The van der Waals surface area contributed by atoms with Crippen LogP contribution in [0, 0.1) is 12.8 Å². The second kappa shape index (κ2) is 7.36. The molecule has 6 heteroatoms. The molecule has 1 saturated carbocycles. The molecule has 2 aromatic rings. The molecule has 5 nitrogen and oxygen atoms in total. The van der Waals surface area contributed by atoms with Crippen molar-refractivity contribution >= 4 is 24.0 Å². The van der Waals surface area contributed by atoms with Crippen LogP contribution < -0.4 is 11.1 Å². The van der Waals surface area contributed by atoms with E-state index in [9.17, 15) is 4.79 Å². The van der Waals surface area contributed by atoms with Gasteiger partial charge in [0.25, 0.3) is 0 Å². The largest absolute Gasteiger partial charge is 0.445 e. The molecule has 0 radical (unpaired) electrons. The van der Waals surface area contributed by atoms with Crippen molar-refractivity contribution in [2.24, 2.45) is 11.7 Å². The van der Waals surface area contributed by atoms with Crippen LogP contribution in [0.4, 0.5) is 5.69 Å². The predicted octanol–water partition coefficient (Wildman–Crippen LogP) is 3.92. The molecule has 130 valence electrons. The Morgan fingerprint density at radius 3 is 2.88 bits per heavy atom. The number of hydrogen-bond acceptors (Lipinski definition) is 4. The Labute approximate surface area is 148 Å². The number of carbonyl (C=O) groups excluding carboxylic acids is 1. The predicted molar refractivity (Wildman–Crippen MR) is 97.1 cm³/mol. The summed E-state index contributed by atoms with van der Waals surface area (Å²) in [4.78, 5) is 16.8. The molecule has 1 aliphatic rings. The average molecular weight is 350 g/mol. The fourth-order valence-electron chi connectivity index (χ4n) is 3.30. The second-order valence-corrected chi connectivity index (χ2v) is 6.66. The number of amides is 1. The van der Waals surface area contributed by atoms with E-state index in [0.29, 0.717) is 5.89 Å². The van der Waals surface area contributed by atoms with Crippen molar-refractivity contribution in [2.75, 3.05) is 5.32 Å². The summed E-state index contributed by atoms with van der Waals surface area (Å²) in [5.41, 5.74) is 8.56. The molecule has 2 atom stereocenters. The third kappa shape index (κ3) is 3.79. The Bertz CT molecular complexity index is 698. The Morgan fingerprint density at radius 1 is 1.42 bits per heavy atom. The first-order valence-corrected chi connectivity index (χ1v) is 8.07. The zero-order valence-corrected chi connectivity index (χ0v) is 14.9. The number of nitrogens with zero attached hydrogens (tertiary/aromatic N) is 1. The van der Waals surface area contributed by atoms with Crippen LogP contribution in [0.25, 0.3) is 11.5 Å². The lowest BCUT2D eigenvalue weighted by Crippen LogP contribution is -2.51. The Hall–Kier alpha value is -1.85. The molecule has 0 aliphatic heterocycles. The SMILES string of the molecule is Cc1ccc(NC(=O)C2CCCCC2(C)N)cc1-c1ncco1.Cl. The number of carbonyl (C=O) groups is 1. The maximum atomic E-state index is 12.6. The minimum atomic E-state index is -0.432. The monoisotopic (exact) mass is 349 g/mol. The van der Waals surface area contributed by atoms with E-state index in [1.54, 1.807) is 12.5 Å². The Kier molecular flexibility index (Phi) is 5.67. The van der Waals surface area contributed by atoms with Crippen molar-refractivity contribution in [3.8, 4) is 11.5 Å². The van der Waals surface area contributed by atoms with Crippen LogP contribution in [-0.4, -0.2) is 16.4 Å². The molecule has 1 aromatic carbocycles. The van der Waals surface area contributed by atoms with Crippen molar-refractivity contribution in [2.45, 2.75) is 45.1 Å². The Balaban J connectivity index is 0.00000208. The summed E-state index contributed by atoms with van der Waals surface area (Å²) >= 11 is 0. The maximum absolute atomic E-state index is 12.6. The molecule has 1 fully saturated rings. The third-order valence-electron chi connectivity index (χ3n) is 4.74. The molecule has 1 amide bonds. The molecule has 1 aliphatic carbocycles. The van der Waals surface area contributed by atoms with Crippen LogP contribution in [0.3, 0.4) is 0 Å². The van der Waals surface area contributed by atoms with Gasteiger partial charge in [0.05, 0.1) is 12.1 Å². The number of hydrogen-bond donors (Lipinski definition) is 2. The first kappa shape index (κ1) is 18.5. The molecular formula is C18H24ClN3O2. The van der Waals surface area contributed by atoms with Crippen molar-refractivity contribution in [3.63, 3.8) is 0 Å². The van der Waals surface area contributed by atoms with Crippen LogP contribution >= 0.6 is 12.4 Å². The van der Waals surface area contributed by atoms with Gasteiger partial charge in [0.15, 0.2) is 0 Å². The third-order valence-corrected chi connectivity index (χ3v) is 4.74. The van der Waals surface area contributed by atoms with Crippen molar-refractivity contribution in [1.29, 1.82) is 0 Å². The van der Waals surface area contributed by atoms with Gasteiger partial charge in [-0.2, -0.15) is 0 Å². The van der Waals surface area contributed by atoms with Gasteiger partial charge in [0.1, 0.15) is 6.26 Å². The Morgan fingerprint density at radius 2 is 2.21 bits per heavy atom. The van der Waals surface area contributed by atoms with Crippen molar-refractivity contribution in [1.82, 2.24) is 4.98 Å². The van der Waals surface area contributed by atoms with Gasteiger partial charge in [0, 0.05) is 16.8 Å². The molecular weight excluding hydrogens is 326 g/mol. The summed E-state index contributed by atoms with van der Waals surface area (Å²) in [6.07, 6.45) is 7.04. The summed E-state index contributed by atoms with van der Waals surface area (Å²) in [6, 6.07) is 5.75. The van der Waals surface area contributed by atoms with Gasteiger partial charge in [0.2, 0.25) is 11.8 Å². The highest BCUT2D eigenvalue weighted by molar-refractivity contribution is 5.94. The summed E-state index contributed by atoms with van der Waals surface area (Å²) in [5.74, 6) is 0.402. The number of nitrogens with two attached hydrogens (primary N) is 1. The van der Waals surface area contributed by atoms with Gasteiger partial charge < -0.3 is 15.5 Å². The smallest absolute Gasteiger partial charge is 0.229 e. The number of aryl methyl sites for hydroxylation is 1. The van der Waals surface area contributed by atoms with Gasteiger partial charge >= 0.3 is 0 Å². The number of anilines is 1. The average Bonchev–Trinajstić information content (AvgIpc) is 3.02. The molecule has 24 heavy (non-hydrogen) atoms. The highest BCUT2D eigenvalue weighted by atomic mass is 35.5. The van der Waals surface area contributed by atoms with E-state index in [0.717, 1.165) is 42.5 Å². The van der Waals surface area contributed by atoms with Gasteiger partial charge in [-0.3, -0.25) is 4.79 Å². The van der Waals surface area contributed by atoms with Gasteiger partial charge in [-0.1, -0.05) is 18.9 Å². The fourth-order valence-corrected chi connectivity index (χ4v) is 3.30. The summed E-state index contributed by atoms with van der Waals surface area (Å²) in [6.45, 7) is 3.97. The van der Waals surface area contributed by atoms with Crippen LogP contribution in [-0.2, 0) is 4.79 Å². The highest BCUT2D eigenvalue weighted by Crippen LogP contribution is 2.33. The van der Waals surface area contributed by atoms with E-state index >= 15 is 0 Å². The van der Waals surface area contributed by atoms with Crippen molar-refractivity contribution in [3.05, 3.63) is 36.2 Å². The molecule has 3 N–H and O–H groups in total. The van der Waals surface area contributed by atoms with Crippen LogP contribution in [0.5, 0.6) is 0 Å². The summed E-state index contributed by atoms with van der Waals surface area (Å²) in [7, 11) is 0. The zero-order chi connectivity index (χ0) is 16.4. The van der Waals surface area contributed by atoms with Gasteiger partial charge in [-0.05, 0) is 44.4 Å². The number of nitrogens with one attached hydrogen (secondary N) is 1. The van der Waals surface area contributed by atoms with E-state index in [4.69, 9.17) is 10.2 Å². The normalized spacial score (nSPS) is 23.4. The molecule has 0 spiro atoms. The number of aromatic nitrogens is 1. The summed E-state index contributed by atoms with van der Waals surface area (Å²) in [5, 5.41) is 3.01. The highest BCUT2D eigenvalue weighted by Gasteiger charge is 2.37. The molecule has 0 bridgehead atoms. The number of rotatable bonds is 3. The van der Waals surface area contributed by atoms with E-state index in [-0.39, 0.29) is 24.2 Å². The molecule has 3 rings (SSSR count). The fraction of sp³-hybridized carbons (Fsp3) is 0.444. The lowest BCUT2D eigenvalue weighted by atomic mass is 9.74. The minimum Gasteiger partial charge on any atom is -0.445 e. The van der Waals surface area contributed by atoms with E-state index in [1.807, 2.05) is 32.0 Å². The van der Waals surface area contributed by atoms with E-state index in [2.05, 4.69) is 10.3 Å². The first-order valence-electron chi connectivity index (χ1n) is 8.07. The van der Waals surface area contributed by atoms with E-state index < -0.39 is 5.54 Å². The maximum Gasteiger partial charge on any atom is 0.229 e. The summed E-state index contributed by atoms with van der Waals surface area (Å²) < 4.78 is 5.37.